The van der Waals surface area contributed by atoms with Crippen molar-refractivity contribution in [2.24, 2.45) is 0 Å². The molecule has 100 valence electrons. The molecule has 0 spiro atoms. The normalized spacial score (nSPS) is 10.1. The zero-order valence-electron chi connectivity index (χ0n) is 9.62. The van der Waals surface area contributed by atoms with Crippen molar-refractivity contribution in [1.29, 1.82) is 0 Å². The predicted octanol–water partition coefficient (Wildman–Crippen LogP) is -3.20. The molecule has 0 atom stereocenters. The molecule has 0 aromatic carbocycles. The molecule has 12 nitrogen and oxygen atoms in total. The first-order chi connectivity index (χ1) is 9.25. The van der Waals surface area contributed by atoms with Gasteiger partial charge in [-0.05, 0) is 5.21 Å². The largest absolute Gasteiger partial charge is 0.354 e. The minimum absolute atomic E-state index is 0.0231. The van der Waals surface area contributed by atoms with Crippen molar-refractivity contribution in [1.82, 2.24) is 51.9 Å². The van der Waals surface area contributed by atoms with Crippen molar-refractivity contribution < 1.29 is 9.59 Å². The molecule has 0 aliphatic carbocycles. The van der Waals surface area contributed by atoms with Gasteiger partial charge in [-0.3, -0.25) is 9.59 Å². The third-order valence-corrected chi connectivity index (χ3v) is 1.99. The van der Waals surface area contributed by atoms with Crippen LogP contribution < -0.4 is 10.6 Å². The molecule has 2 rings (SSSR count). The average Bonchev–Trinajstić information content (AvgIpc) is 3.06. The highest BCUT2D eigenvalue weighted by Crippen LogP contribution is 1.85. The fraction of sp³-hybridized carbons (Fsp3) is 0.429. The first kappa shape index (κ1) is 12.5. The standard InChI is InChI=1S/C7H10N10O2/c18-5(3-4-10-14-15-11-4)8-1-2-9-7(19)6-12-16-17-13-6/h1-3H2,(H,8,18)(H,9,19)(H,10,11,14,15)(H,12,13,16,17). The van der Waals surface area contributed by atoms with Gasteiger partial charge >= 0.3 is 0 Å². The lowest BCUT2D eigenvalue weighted by molar-refractivity contribution is -0.120. The number of aromatic amines is 2. The average molecular weight is 266 g/mol. The van der Waals surface area contributed by atoms with Gasteiger partial charge in [0.05, 0.1) is 6.42 Å². The summed E-state index contributed by atoms with van der Waals surface area (Å²) in [5, 5.41) is 30.4. The number of rotatable bonds is 6. The number of tetrazole rings is 2. The number of carbonyl (C=O) groups excluding carboxylic acids is 2. The second kappa shape index (κ2) is 6.13. The summed E-state index contributed by atoms with van der Waals surface area (Å²) in [5.41, 5.74) is 0. The lowest BCUT2D eigenvalue weighted by Crippen LogP contribution is -2.35. The maximum atomic E-state index is 11.4. The number of hydrogen-bond acceptors (Lipinski definition) is 8. The number of carbonyl (C=O) groups is 2. The summed E-state index contributed by atoms with van der Waals surface area (Å²) in [7, 11) is 0. The van der Waals surface area contributed by atoms with E-state index in [4.69, 9.17) is 0 Å². The fourth-order valence-corrected chi connectivity index (χ4v) is 1.18. The van der Waals surface area contributed by atoms with Gasteiger partial charge in [0.15, 0.2) is 5.82 Å². The topological polar surface area (TPSA) is 167 Å². The molecule has 0 radical (unpaired) electrons. The summed E-state index contributed by atoms with van der Waals surface area (Å²) < 4.78 is 0. The maximum absolute atomic E-state index is 11.4. The molecule has 0 bridgehead atoms. The minimum Gasteiger partial charge on any atom is -0.354 e. The number of amides is 2. The number of aromatic nitrogens is 8. The Bertz CT molecular complexity index is 520. The van der Waals surface area contributed by atoms with E-state index in [1.165, 1.54) is 0 Å². The third kappa shape index (κ3) is 3.79. The summed E-state index contributed by atoms with van der Waals surface area (Å²) in [6.45, 7) is 0.506. The molecule has 0 saturated carbocycles. The van der Waals surface area contributed by atoms with Gasteiger partial charge in [-0.15, -0.1) is 20.4 Å². The van der Waals surface area contributed by atoms with Crippen LogP contribution in [-0.2, 0) is 11.2 Å². The Balaban J connectivity index is 1.61. The number of hydrogen-bond donors (Lipinski definition) is 4. The Morgan fingerprint density at radius 1 is 1.00 bits per heavy atom. The molecular weight excluding hydrogens is 256 g/mol. The first-order valence-electron chi connectivity index (χ1n) is 5.26. The van der Waals surface area contributed by atoms with Crippen LogP contribution in [0.5, 0.6) is 0 Å². The summed E-state index contributed by atoms with van der Waals surface area (Å²) in [6, 6.07) is 0. The lowest BCUT2D eigenvalue weighted by atomic mass is 10.4. The summed E-state index contributed by atoms with van der Waals surface area (Å²) >= 11 is 0. The Morgan fingerprint density at radius 2 is 1.74 bits per heavy atom. The van der Waals surface area contributed by atoms with Crippen molar-refractivity contribution in [3.05, 3.63) is 11.6 Å². The monoisotopic (exact) mass is 266 g/mol. The van der Waals surface area contributed by atoms with Crippen LogP contribution in [0.2, 0.25) is 0 Å². The van der Waals surface area contributed by atoms with Gasteiger partial charge in [-0.2, -0.15) is 10.4 Å². The van der Waals surface area contributed by atoms with Crippen LogP contribution in [0.25, 0.3) is 0 Å². The van der Waals surface area contributed by atoms with Crippen LogP contribution >= 0.6 is 0 Å². The SMILES string of the molecule is O=C(Cc1nn[nH]n1)NCCNC(=O)c1nn[nH]n1. The third-order valence-electron chi connectivity index (χ3n) is 1.99. The molecule has 2 amide bonds. The van der Waals surface area contributed by atoms with E-state index in [0.29, 0.717) is 5.82 Å². The number of H-pyrrole nitrogens is 2. The predicted molar refractivity (Wildman–Crippen MR) is 57.4 cm³/mol. The smallest absolute Gasteiger partial charge is 0.292 e. The van der Waals surface area contributed by atoms with Crippen LogP contribution in [0.1, 0.15) is 16.4 Å². The summed E-state index contributed by atoms with van der Waals surface area (Å²) in [6.07, 6.45) is 0.0231. The van der Waals surface area contributed by atoms with Crippen molar-refractivity contribution >= 4 is 11.8 Å². The second-order valence-electron chi connectivity index (χ2n) is 3.35. The van der Waals surface area contributed by atoms with Crippen LogP contribution in [0.15, 0.2) is 0 Å². The molecule has 2 aromatic rings. The van der Waals surface area contributed by atoms with Gasteiger partial charge in [0.1, 0.15) is 0 Å². The van der Waals surface area contributed by atoms with E-state index in [-0.39, 0.29) is 31.2 Å². The number of nitrogens with zero attached hydrogens (tertiary/aromatic N) is 6. The number of nitrogens with one attached hydrogen (secondary N) is 4. The molecule has 0 unspecified atom stereocenters. The molecule has 2 aromatic heterocycles. The van der Waals surface area contributed by atoms with Crippen molar-refractivity contribution in [2.75, 3.05) is 13.1 Å². The van der Waals surface area contributed by atoms with Crippen molar-refractivity contribution in [3.63, 3.8) is 0 Å². The highest BCUT2D eigenvalue weighted by molar-refractivity contribution is 5.90. The van der Waals surface area contributed by atoms with Crippen LogP contribution in [-0.4, -0.2) is 66.2 Å². The highest BCUT2D eigenvalue weighted by atomic mass is 16.2. The second-order valence-corrected chi connectivity index (χ2v) is 3.35. The van der Waals surface area contributed by atoms with E-state index in [0.717, 1.165) is 0 Å². The molecule has 0 aliphatic rings. The van der Waals surface area contributed by atoms with Crippen LogP contribution in [0.4, 0.5) is 0 Å². The lowest BCUT2D eigenvalue weighted by Gasteiger charge is -2.04. The zero-order chi connectivity index (χ0) is 13.5. The van der Waals surface area contributed by atoms with Crippen LogP contribution in [0, 0.1) is 0 Å². The van der Waals surface area contributed by atoms with Gasteiger partial charge in [-0.25, -0.2) is 0 Å². The molecule has 0 fully saturated rings. The fourth-order valence-electron chi connectivity index (χ4n) is 1.18. The summed E-state index contributed by atoms with van der Waals surface area (Å²) in [4.78, 5) is 22.8. The molecule has 2 heterocycles. The van der Waals surface area contributed by atoms with Crippen LogP contribution in [0.3, 0.4) is 0 Å². The Kier molecular flexibility index (Phi) is 4.05. The zero-order valence-corrected chi connectivity index (χ0v) is 9.62. The Hall–Kier alpha value is -2.92. The van der Waals surface area contributed by atoms with Gasteiger partial charge in [0, 0.05) is 13.1 Å². The van der Waals surface area contributed by atoms with E-state index >= 15 is 0 Å². The van der Waals surface area contributed by atoms with Crippen molar-refractivity contribution in [3.8, 4) is 0 Å². The molecule has 12 heteroatoms. The molecule has 19 heavy (non-hydrogen) atoms. The van der Waals surface area contributed by atoms with Gasteiger partial charge in [0.25, 0.3) is 11.7 Å². The van der Waals surface area contributed by atoms with Gasteiger partial charge in [0.2, 0.25) is 5.91 Å². The van der Waals surface area contributed by atoms with E-state index < -0.39 is 5.91 Å². The van der Waals surface area contributed by atoms with E-state index in [9.17, 15) is 9.59 Å². The van der Waals surface area contributed by atoms with Gasteiger partial charge < -0.3 is 10.6 Å². The van der Waals surface area contributed by atoms with E-state index in [2.05, 4.69) is 51.9 Å². The van der Waals surface area contributed by atoms with E-state index in [1.54, 1.807) is 0 Å². The minimum atomic E-state index is -0.471. The van der Waals surface area contributed by atoms with Gasteiger partial charge in [-0.1, -0.05) is 5.21 Å². The Morgan fingerprint density at radius 3 is 2.42 bits per heavy atom. The quantitative estimate of drug-likeness (QED) is 0.396. The first-order valence-corrected chi connectivity index (χ1v) is 5.26. The van der Waals surface area contributed by atoms with E-state index in [1.807, 2.05) is 0 Å². The molecule has 0 saturated heterocycles. The van der Waals surface area contributed by atoms with Crippen molar-refractivity contribution in [2.45, 2.75) is 6.42 Å². The maximum Gasteiger partial charge on any atom is 0.292 e. The molecule has 4 N–H and O–H groups in total. The molecular formula is C7H10N10O2. The Labute approximate surface area is 105 Å². The highest BCUT2D eigenvalue weighted by Gasteiger charge is 2.10. The molecule has 0 aliphatic heterocycles. The summed E-state index contributed by atoms with van der Waals surface area (Å²) in [5.74, 6) is -0.497.